The van der Waals surface area contributed by atoms with Crippen LogP contribution >= 0.6 is 23.4 Å². The van der Waals surface area contributed by atoms with Crippen molar-refractivity contribution in [3.8, 4) is 0 Å². The highest BCUT2D eigenvalue weighted by atomic mass is 35.5. The number of carbonyl (C=O) groups excluding carboxylic acids is 1. The summed E-state index contributed by atoms with van der Waals surface area (Å²) in [6.07, 6.45) is 0. The molecular formula is C21H15ClFN5O3S. The second-order valence-corrected chi connectivity index (χ2v) is 7.86. The number of aromatic nitrogens is 4. The zero-order valence-corrected chi connectivity index (χ0v) is 18.2. The van der Waals surface area contributed by atoms with Crippen LogP contribution < -0.4 is 11.0 Å². The second kappa shape index (κ2) is 9.33. The minimum Gasteiger partial charge on any atom is -0.465 e. The number of methoxy groups -OCH3 is 1. The van der Waals surface area contributed by atoms with Crippen LogP contribution in [0.1, 0.15) is 15.9 Å². The number of nitrogens with one attached hydrogen (secondary N) is 1. The normalized spacial score (nSPS) is 10.8. The van der Waals surface area contributed by atoms with Crippen molar-refractivity contribution in [1.29, 1.82) is 0 Å². The molecule has 4 aromatic rings. The highest BCUT2D eigenvalue weighted by Gasteiger charge is 2.15. The van der Waals surface area contributed by atoms with Crippen molar-refractivity contribution in [2.24, 2.45) is 0 Å². The van der Waals surface area contributed by atoms with Crippen LogP contribution in [0.15, 0.2) is 64.5 Å². The van der Waals surface area contributed by atoms with Crippen LogP contribution in [0.4, 0.5) is 10.2 Å². The van der Waals surface area contributed by atoms with Crippen LogP contribution in [0.25, 0.3) is 10.9 Å². The van der Waals surface area contributed by atoms with Gasteiger partial charge in [0.1, 0.15) is 5.82 Å². The zero-order chi connectivity index (χ0) is 22.7. The standard InChI is InChI=1S/C21H15ClFN5O3S/c1-31-20(30)13-5-6-15-16(10-13)24-21(32-11-12-3-2-4-14(23)9-12)28(19(15)29)27-18-8-7-17(22)25-26-18/h2-10H,11H2,1H3,(H,26,27). The Morgan fingerprint density at radius 3 is 2.75 bits per heavy atom. The lowest BCUT2D eigenvalue weighted by Crippen LogP contribution is -2.29. The van der Waals surface area contributed by atoms with Crippen molar-refractivity contribution in [3.63, 3.8) is 0 Å². The Bertz CT molecular complexity index is 1360. The highest BCUT2D eigenvalue weighted by Crippen LogP contribution is 2.23. The number of ether oxygens (including phenoxy) is 1. The summed E-state index contributed by atoms with van der Waals surface area (Å²) >= 11 is 7.00. The number of hydrogen-bond donors (Lipinski definition) is 1. The molecule has 0 saturated carbocycles. The minimum atomic E-state index is -0.540. The van der Waals surface area contributed by atoms with Gasteiger partial charge in [-0.15, -0.1) is 10.2 Å². The lowest BCUT2D eigenvalue weighted by molar-refractivity contribution is 0.0601. The summed E-state index contributed by atoms with van der Waals surface area (Å²) in [5.74, 6) is -0.275. The molecule has 0 atom stereocenters. The van der Waals surface area contributed by atoms with Crippen LogP contribution in [0.5, 0.6) is 0 Å². The molecule has 0 unspecified atom stereocenters. The lowest BCUT2D eigenvalue weighted by atomic mass is 10.1. The van der Waals surface area contributed by atoms with Gasteiger partial charge in [-0.25, -0.2) is 14.2 Å². The smallest absolute Gasteiger partial charge is 0.337 e. The third kappa shape index (κ3) is 4.71. The first-order chi connectivity index (χ1) is 15.4. The van der Waals surface area contributed by atoms with Crippen molar-refractivity contribution in [1.82, 2.24) is 19.9 Å². The largest absolute Gasteiger partial charge is 0.465 e. The third-order valence-electron chi connectivity index (χ3n) is 4.38. The third-order valence-corrected chi connectivity index (χ3v) is 5.59. The molecule has 0 fully saturated rings. The summed E-state index contributed by atoms with van der Waals surface area (Å²) in [7, 11) is 1.27. The number of nitrogens with zero attached hydrogens (tertiary/aromatic N) is 4. The average molecular weight is 472 g/mol. The van der Waals surface area contributed by atoms with E-state index in [4.69, 9.17) is 16.3 Å². The lowest BCUT2D eigenvalue weighted by Gasteiger charge is -2.14. The fourth-order valence-electron chi connectivity index (χ4n) is 2.87. The predicted molar refractivity (Wildman–Crippen MR) is 119 cm³/mol. The molecule has 0 aliphatic carbocycles. The molecule has 0 spiro atoms. The highest BCUT2D eigenvalue weighted by molar-refractivity contribution is 7.98. The van der Waals surface area contributed by atoms with Gasteiger partial charge in [0.25, 0.3) is 5.56 Å². The summed E-state index contributed by atoms with van der Waals surface area (Å²) in [4.78, 5) is 29.7. The van der Waals surface area contributed by atoms with Gasteiger partial charge in [-0.1, -0.05) is 35.5 Å². The Hall–Kier alpha value is -3.50. The Morgan fingerprint density at radius 1 is 1.19 bits per heavy atom. The maximum absolute atomic E-state index is 13.6. The molecule has 162 valence electrons. The van der Waals surface area contributed by atoms with Gasteiger partial charge in [0, 0.05) is 5.75 Å². The van der Waals surface area contributed by atoms with E-state index in [1.807, 2.05) is 0 Å². The molecule has 2 heterocycles. The number of anilines is 1. The van der Waals surface area contributed by atoms with E-state index in [9.17, 15) is 14.0 Å². The number of esters is 1. The molecule has 0 aliphatic heterocycles. The van der Waals surface area contributed by atoms with Gasteiger partial charge >= 0.3 is 5.97 Å². The van der Waals surface area contributed by atoms with Crippen LogP contribution in [0.2, 0.25) is 5.15 Å². The maximum atomic E-state index is 13.6. The van der Waals surface area contributed by atoms with Gasteiger partial charge in [0.15, 0.2) is 16.1 Å². The number of rotatable bonds is 6. The molecule has 0 bridgehead atoms. The molecule has 2 aromatic heterocycles. The summed E-state index contributed by atoms with van der Waals surface area (Å²) in [6.45, 7) is 0. The van der Waals surface area contributed by atoms with Crippen LogP contribution in [0.3, 0.4) is 0 Å². The number of hydrogen-bond acceptors (Lipinski definition) is 8. The average Bonchev–Trinajstić information content (AvgIpc) is 2.80. The molecule has 0 amide bonds. The number of halogens is 2. The van der Waals surface area contributed by atoms with E-state index >= 15 is 0 Å². The van der Waals surface area contributed by atoms with Gasteiger partial charge in [-0.2, -0.15) is 4.68 Å². The van der Waals surface area contributed by atoms with E-state index in [-0.39, 0.29) is 32.9 Å². The topological polar surface area (TPSA) is 99.0 Å². The number of thioether (sulfide) groups is 1. The molecule has 0 saturated heterocycles. The molecular weight excluding hydrogens is 457 g/mol. The minimum absolute atomic E-state index is 0.204. The van der Waals surface area contributed by atoms with E-state index in [0.29, 0.717) is 16.8 Å². The Kier molecular flexibility index (Phi) is 6.33. The summed E-state index contributed by atoms with van der Waals surface area (Å²) in [5, 5.41) is 8.44. The molecule has 1 N–H and O–H groups in total. The number of fused-ring (bicyclic) bond motifs is 1. The molecule has 11 heteroatoms. The number of benzene rings is 2. The van der Waals surface area contributed by atoms with Crippen molar-refractivity contribution in [2.75, 3.05) is 12.5 Å². The van der Waals surface area contributed by atoms with E-state index in [1.54, 1.807) is 18.2 Å². The van der Waals surface area contributed by atoms with Crippen molar-refractivity contribution < 1.29 is 13.9 Å². The number of carbonyl (C=O) groups is 1. The molecule has 0 aliphatic rings. The van der Waals surface area contributed by atoms with E-state index in [2.05, 4.69) is 20.6 Å². The van der Waals surface area contributed by atoms with Crippen LogP contribution in [-0.2, 0) is 10.5 Å². The Balaban J connectivity index is 1.79. The van der Waals surface area contributed by atoms with Gasteiger partial charge in [0.05, 0.1) is 23.6 Å². The van der Waals surface area contributed by atoms with Crippen LogP contribution in [-0.4, -0.2) is 32.9 Å². The molecule has 2 aromatic carbocycles. The maximum Gasteiger partial charge on any atom is 0.337 e. The Morgan fingerprint density at radius 2 is 2.03 bits per heavy atom. The van der Waals surface area contributed by atoms with Crippen molar-refractivity contribution in [3.05, 3.63) is 87.0 Å². The molecule has 0 radical (unpaired) electrons. The first-order valence-corrected chi connectivity index (χ1v) is 10.6. The molecule has 8 nitrogen and oxygen atoms in total. The first-order valence-electron chi connectivity index (χ1n) is 9.23. The monoisotopic (exact) mass is 471 g/mol. The van der Waals surface area contributed by atoms with Gasteiger partial charge in [-0.05, 0) is 48.0 Å². The van der Waals surface area contributed by atoms with Gasteiger partial charge < -0.3 is 4.74 Å². The van der Waals surface area contributed by atoms with E-state index in [0.717, 1.165) is 0 Å². The van der Waals surface area contributed by atoms with Crippen molar-refractivity contribution >= 4 is 46.1 Å². The molecule has 32 heavy (non-hydrogen) atoms. The van der Waals surface area contributed by atoms with Crippen molar-refractivity contribution in [2.45, 2.75) is 10.9 Å². The van der Waals surface area contributed by atoms with Gasteiger partial charge in [-0.3, -0.25) is 10.2 Å². The summed E-state index contributed by atoms with van der Waals surface area (Å²) in [6, 6.07) is 13.7. The van der Waals surface area contributed by atoms with Crippen LogP contribution in [0, 0.1) is 5.82 Å². The van der Waals surface area contributed by atoms with Gasteiger partial charge in [0.2, 0.25) is 0 Å². The SMILES string of the molecule is COC(=O)c1ccc2c(=O)n(Nc3ccc(Cl)nn3)c(SCc3cccc(F)c3)nc2c1. The predicted octanol–water partition coefficient (Wildman–Crippen LogP) is 3.93. The fourth-order valence-corrected chi connectivity index (χ4v) is 3.87. The first kappa shape index (κ1) is 21.7. The summed E-state index contributed by atoms with van der Waals surface area (Å²) < 4.78 is 19.5. The second-order valence-electron chi connectivity index (χ2n) is 6.53. The summed E-state index contributed by atoms with van der Waals surface area (Å²) in [5.41, 5.74) is 3.77. The molecule has 4 rings (SSSR count). The fraction of sp³-hybridized carbons (Fsp3) is 0.0952. The zero-order valence-electron chi connectivity index (χ0n) is 16.6. The quantitative estimate of drug-likeness (QED) is 0.256. The Labute approximate surface area is 190 Å². The van der Waals surface area contributed by atoms with E-state index in [1.165, 1.54) is 59.9 Å². The van der Waals surface area contributed by atoms with E-state index < -0.39 is 11.5 Å².